The lowest BCUT2D eigenvalue weighted by Crippen LogP contribution is -2.32. The van der Waals surface area contributed by atoms with E-state index in [4.69, 9.17) is 0 Å². The number of aromatic nitrogens is 2. The molecule has 0 bridgehead atoms. The first kappa shape index (κ1) is 15.5. The van der Waals surface area contributed by atoms with Gasteiger partial charge < -0.3 is 4.98 Å². The topological polar surface area (TPSA) is 66.1 Å². The Hall–Kier alpha value is -0.880. The zero-order valence-electron chi connectivity index (χ0n) is 12.4. The monoisotopic (exact) mass is 299 g/mol. The quantitative estimate of drug-likeness (QED) is 0.908. The molecule has 1 aromatic rings. The molecule has 0 aromatic carbocycles. The van der Waals surface area contributed by atoms with Gasteiger partial charge >= 0.3 is 0 Å². The van der Waals surface area contributed by atoms with Crippen LogP contribution in [0.3, 0.4) is 0 Å². The van der Waals surface area contributed by atoms with Crippen molar-refractivity contribution in [2.24, 2.45) is 5.92 Å². The van der Waals surface area contributed by atoms with Crippen molar-refractivity contribution < 1.29 is 8.42 Å². The van der Waals surface area contributed by atoms with E-state index < -0.39 is 10.0 Å². The van der Waals surface area contributed by atoms with E-state index in [0.29, 0.717) is 25.4 Å². The Morgan fingerprint density at radius 3 is 2.80 bits per heavy atom. The summed E-state index contributed by atoms with van der Waals surface area (Å²) in [7, 11) is -3.40. The Morgan fingerprint density at radius 1 is 1.35 bits per heavy atom. The highest BCUT2D eigenvalue weighted by molar-refractivity contribution is 7.89. The van der Waals surface area contributed by atoms with Crippen LogP contribution in [-0.2, 0) is 16.4 Å². The molecule has 20 heavy (non-hydrogen) atoms. The van der Waals surface area contributed by atoms with E-state index in [-0.39, 0.29) is 5.03 Å². The molecule has 1 aliphatic rings. The van der Waals surface area contributed by atoms with E-state index in [2.05, 4.69) is 16.9 Å². The molecule has 1 atom stereocenters. The second kappa shape index (κ2) is 6.72. The largest absolute Gasteiger partial charge is 0.332 e. The smallest absolute Gasteiger partial charge is 0.260 e. The number of H-pyrrole nitrogens is 1. The second-order valence-electron chi connectivity index (χ2n) is 5.54. The maximum Gasteiger partial charge on any atom is 0.260 e. The van der Waals surface area contributed by atoms with Crippen LogP contribution >= 0.6 is 0 Å². The highest BCUT2D eigenvalue weighted by atomic mass is 32.2. The molecule has 2 rings (SSSR count). The van der Waals surface area contributed by atoms with E-state index in [1.807, 2.05) is 6.92 Å². The number of aryl methyl sites for hydroxylation is 1. The first-order valence-electron chi connectivity index (χ1n) is 7.62. The summed E-state index contributed by atoms with van der Waals surface area (Å²) in [5.41, 5.74) is 0. The van der Waals surface area contributed by atoms with E-state index in [9.17, 15) is 8.42 Å². The number of nitrogens with one attached hydrogen (secondary N) is 1. The van der Waals surface area contributed by atoms with Gasteiger partial charge in [-0.05, 0) is 25.2 Å². The number of hydrogen-bond donors (Lipinski definition) is 1. The number of aromatic amines is 1. The van der Waals surface area contributed by atoms with Gasteiger partial charge in [0, 0.05) is 19.5 Å². The number of hydrogen-bond acceptors (Lipinski definition) is 3. The van der Waals surface area contributed by atoms with Crippen molar-refractivity contribution in [2.75, 3.05) is 13.1 Å². The molecule has 1 fully saturated rings. The van der Waals surface area contributed by atoms with Crippen LogP contribution in [0.15, 0.2) is 11.2 Å². The number of rotatable bonds is 5. The van der Waals surface area contributed by atoms with Crippen molar-refractivity contribution in [3.63, 3.8) is 0 Å². The van der Waals surface area contributed by atoms with Crippen molar-refractivity contribution in [1.29, 1.82) is 0 Å². The van der Waals surface area contributed by atoms with E-state index in [0.717, 1.165) is 25.1 Å². The minimum Gasteiger partial charge on any atom is -0.332 e. The lowest BCUT2D eigenvalue weighted by molar-refractivity contribution is 0.399. The van der Waals surface area contributed by atoms with Crippen molar-refractivity contribution in [2.45, 2.75) is 57.4 Å². The lowest BCUT2D eigenvalue weighted by Gasteiger charge is -2.19. The summed E-state index contributed by atoms with van der Waals surface area (Å²) in [5.74, 6) is 1.40. The van der Waals surface area contributed by atoms with Crippen LogP contribution < -0.4 is 0 Å². The number of sulfonamides is 1. The van der Waals surface area contributed by atoms with Gasteiger partial charge in [0.25, 0.3) is 10.0 Å². The van der Waals surface area contributed by atoms with Gasteiger partial charge in [-0.3, -0.25) is 0 Å². The molecule has 114 valence electrons. The number of imidazole rings is 1. The van der Waals surface area contributed by atoms with Gasteiger partial charge in [0.05, 0.1) is 6.20 Å². The van der Waals surface area contributed by atoms with Gasteiger partial charge in [0.2, 0.25) is 0 Å². The van der Waals surface area contributed by atoms with Crippen molar-refractivity contribution >= 4 is 10.0 Å². The molecular formula is C14H25N3O2S. The molecule has 6 heteroatoms. The summed E-state index contributed by atoms with van der Waals surface area (Å²) in [4.78, 5) is 7.02. The van der Waals surface area contributed by atoms with Gasteiger partial charge in [-0.1, -0.05) is 26.7 Å². The number of nitrogens with zero attached hydrogens (tertiary/aromatic N) is 2. The third-order valence-electron chi connectivity index (χ3n) is 4.06. The minimum absolute atomic E-state index is 0.239. The summed E-state index contributed by atoms with van der Waals surface area (Å²) in [5, 5.41) is 0.239. The van der Waals surface area contributed by atoms with Crippen LogP contribution in [-0.4, -0.2) is 35.8 Å². The summed E-state index contributed by atoms with van der Waals surface area (Å²) in [6.07, 6.45) is 7.62. The highest BCUT2D eigenvalue weighted by Gasteiger charge is 2.28. The second-order valence-corrected chi connectivity index (χ2v) is 7.44. The maximum absolute atomic E-state index is 12.6. The molecule has 0 aliphatic carbocycles. The SMILES string of the molecule is CCCC1CCCN(S(=O)(=O)c2cnc(CC)[nH]2)CC1. The Morgan fingerprint density at radius 2 is 2.15 bits per heavy atom. The third kappa shape index (κ3) is 3.41. The standard InChI is InChI=1S/C14H25N3O2S/c1-3-6-12-7-5-9-17(10-8-12)20(18,19)14-11-15-13(4-2)16-14/h11-12H,3-10H2,1-2H3,(H,15,16). The average molecular weight is 299 g/mol. The molecule has 0 saturated carbocycles. The Balaban J connectivity index is 2.09. The molecule has 1 aromatic heterocycles. The molecule has 0 radical (unpaired) electrons. The fourth-order valence-corrected chi connectivity index (χ4v) is 4.30. The maximum atomic E-state index is 12.6. The molecule has 1 saturated heterocycles. The van der Waals surface area contributed by atoms with Gasteiger partial charge in [-0.2, -0.15) is 4.31 Å². The summed E-state index contributed by atoms with van der Waals surface area (Å²) in [6, 6.07) is 0. The fraction of sp³-hybridized carbons (Fsp3) is 0.786. The zero-order valence-corrected chi connectivity index (χ0v) is 13.2. The van der Waals surface area contributed by atoms with E-state index in [1.165, 1.54) is 19.0 Å². The van der Waals surface area contributed by atoms with E-state index >= 15 is 0 Å². The van der Waals surface area contributed by atoms with Crippen LogP contribution in [0, 0.1) is 5.92 Å². The van der Waals surface area contributed by atoms with Crippen LogP contribution in [0.2, 0.25) is 0 Å². The van der Waals surface area contributed by atoms with Crippen molar-refractivity contribution in [1.82, 2.24) is 14.3 Å². The molecule has 1 N–H and O–H groups in total. The van der Waals surface area contributed by atoms with Crippen LogP contribution in [0.5, 0.6) is 0 Å². The fourth-order valence-electron chi connectivity index (χ4n) is 2.87. The lowest BCUT2D eigenvalue weighted by atomic mass is 9.96. The van der Waals surface area contributed by atoms with Crippen molar-refractivity contribution in [3.05, 3.63) is 12.0 Å². The van der Waals surface area contributed by atoms with Gasteiger partial charge in [-0.15, -0.1) is 0 Å². The first-order chi connectivity index (χ1) is 9.57. The summed E-state index contributed by atoms with van der Waals surface area (Å²) >= 11 is 0. The predicted molar refractivity (Wildman–Crippen MR) is 79.0 cm³/mol. The normalized spacial score (nSPS) is 21.8. The summed E-state index contributed by atoms with van der Waals surface area (Å²) in [6.45, 7) is 5.41. The van der Waals surface area contributed by atoms with Gasteiger partial charge in [-0.25, -0.2) is 13.4 Å². The molecule has 2 heterocycles. The molecule has 0 spiro atoms. The average Bonchev–Trinajstić information content (AvgIpc) is 2.80. The van der Waals surface area contributed by atoms with Crippen molar-refractivity contribution in [3.8, 4) is 0 Å². The first-order valence-corrected chi connectivity index (χ1v) is 9.06. The highest BCUT2D eigenvalue weighted by Crippen LogP contribution is 2.25. The molecular weight excluding hydrogens is 274 g/mol. The zero-order chi connectivity index (χ0) is 14.6. The van der Waals surface area contributed by atoms with Crippen LogP contribution in [0.1, 0.15) is 51.8 Å². The minimum atomic E-state index is -3.40. The Kier molecular flexibility index (Phi) is 5.21. The molecule has 1 unspecified atom stereocenters. The van der Waals surface area contributed by atoms with Crippen LogP contribution in [0.4, 0.5) is 0 Å². The Bertz CT molecular complexity index is 524. The molecule has 0 amide bonds. The van der Waals surface area contributed by atoms with E-state index in [1.54, 1.807) is 4.31 Å². The summed E-state index contributed by atoms with van der Waals surface area (Å²) < 4.78 is 26.8. The van der Waals surface area contributed by atoms with Crippen LogP contribution in [0.25, 0.3) is 0 Å². The predicted octanol–water partition coefficient (Wildman–Crippen LogP) is 2.56. The van der Waals surface area contributed by atoms with Gasteiger partial charge in [0.1, 0.15) is 5.82 Å². The molecule has 5 nitrogen and oxygen atoms in total. The third-order valence-corrected chi connectivity index (χ3v) is 5.87. The molecule has 1 aliphatic heterocycles. The van der Waals surface area contributed by atoms with Gasteiger partial charge in [0.15, 0.2) is 5.03 Å². The Labute approximate surface area is 121 Å².